The molecule has 200 valence electrons. The molecule has 1 aliphatic carbocycles. The maximum atomic E-state index is 14.3. The van der Waals surface area contributed by atoms with E-state index in [0.717, 1.165) is 25.0 Å². The second-order valence-electron chi connectivity index (χ2n) is 9.31. The maximum absolute atomic E-state index is 14.3. The predicted molar refractivity (Wildman–Crippen MR) is 121 cm³/mol. The van der Waals surface area contributed by atoms with Gasteiger partial charge in [0.25, 0.3) is 0 Å². The summed E-state index contributed by atoms with van der Waals surface area (Å²) in [5, 5.41) is 5.23. The summed E-state index contributed by atoms with van der Waals surface area (Å²) in [4.78, 5) is 42.6. The fourth-order valence-electron chi connectivity index (χ4n) is 4.39. The molecule has 2 N–H and O–H groups in total. The Bertz CT molecular complexity index is 970. The van der Waals surface area contributed by atoms with E-state index in [4.69, 9.17) is 0 Å². The maximum Gasteiger partial charge on any atom is 0.573 e. The largest absolute Gasteiger partial charge is 0.573 e. The first-order valence-electron chi connectivity index (χ1n) is 11.6. The Morgan fingerprint density at radius 1 is 1.14 bits per heavy atom. The predicted octanol–water partition coefficient (Wildman–Crippen LogP) is 2.91. The second kappa shape index (κ2) is 11.2. The number of piperidine rings is 1. The summed E-state index contributed by atoms with van der Waals surface area (Å²) in [6, 6.07) is 1.55. The highest BCUT2D eigenvalue weighted by atomic mass is 19.4. The van der Waals surface area contributed by atoms with Crippen LogP contribution in [-0.2, 0) is 11.3 Å². The number of halogens is 4. The molecule has 0 radical (unpaired) electrons. The number of ether oxygens (including phenoxy) is 1. The molecule has 5 amide bonds. The lowest BCUT2D eigenvalue weighted by atomic mass is 9.90. The van der Waals surface area contributed by atoms with Gasteiger partial charge in [0, 0.05) is 64.9 Å². The van der Waals surface area contributed by atoms with E-state index in [1.54, 1.807) is 23.9 Å². The van der Waals surface area contributed by atoms with Crippen molar-refractivity contribution in [1.29, 1.82) is 0 Å². The lowest BCUT2D eigenvalue weighted by Gasteiger charge is -2.42. The van der Waals surface area contributed by atoms with Crippen LogP contribution in [0.4, 0.5) is 27.2 Å². The Morgan fingerprint density at radius 3 is 2.39 bits per heavy atom. The quantitative estimate of drug-likeness (QED) is 0.544. The molecule has 0 spiro atoms. The van der Waals surface area contributed by atoms with Crippen molar-refractivity contribution in [3.05, 3.63) is 29.6 Å². The van der Waals surface area contributed by atoms with E-state index in [-0.39, 0.29) is 55.0 Å². The molecular formula is C23H31F4N5O4. The molecule has 9 nitrogen and oxygen atoms in total. The summed E-state index contributed by atoms with van der Waals surface area (Å²) in [6.45, 7) is 0.427. The van der Waals surface area contributed by atoms with Gasteiger partial charge in [-0.15, -0.1) is 13.2 Å². The highest BCUT2D eigenvalue weighted by molar-refractivity contribution is 5.78. The molecule has 2 atom stereocenters. The van der Waals surface area contributed by atoms with Crippen molar-refractivity contribution in [3.63, 3.8) is 0 Å². The topological polar surface area (TPSA) is 94.2 Å². The molecule has 36 heavy (non-hydrogen) atoms. The van der Waals surface area contributed by atoms with Gasteiger partial charge in [0.15, 0.2) is 0 Å². The summed E-state index contributed by atoms with van der Waals surface area (Å²) in [5.41, 5.74) is -0.00120. The Hall–Kier alpha value is -3.25. The zero-order valence-electron chi connectivity index (χ0n) is 20.4. The van der Waals surface area contributed by atoms with Crippen LogP contribution < -0.4 is 15.4 Å². The number of alkyl halides is 3. The summed E-state index contributed by atoms with van der Waals surface area (Å²) in [6.07, 6.45) is -2.62. The zero-order valence-corrected chi connectivity index (χ0v) is 20.4. The van der Waals surface area contributed by atoms with Crippen LogP contribution in [0.2, 0.25) is 0 Å². The number of urea groups is 2. The Balaban J connectivity index is 1.70. The number of nitrogens with one attached hydrogen (secondary N) is 2. The number of nitrogens with zero attached hydrogens (tertiary/aromatic N) is 3. The highest BCUT2D eigenvalue weighted by Gasteiger charge is 2.42. The molecule has 1 aromatic carbocycles. The minimum atomic E-state index is -4.94. The number of amides is 5. The SMILES string of the molecule is CNC(=O)N1C[C@@H](CC(=O)N(C)C)C[C@@H](N(C(=O)NCc2ccc(OC(F)(F)F)cc2F)C2CC2)C1. The van der Waals surface area contributed by atoms with Crippen molar-refractivity contribution in [3.8, 4) is 5.75 Å². The molecule has 1 heterocycles. The van der Waals surface area contributed by atoms with Crippen LogP contribution in [0.15, 0.2) is 18.2 Å². The molecule has 2 aliphatic rings. The number of likely N-dealkylation sites (tertiary alicyclic amines) is 1. The third kappa shape index (κ3) is 7.37. The van der Waals surface area contributed by atoms with Crippen LogP contribution in [0.5, 0.6) is 5.75 Å². The fourth-order valence-corrected chi connectivity index (χ4v) is 4.39. The van der Waals surface area contributed by atoms with Gasteiger partial charge in [0.2, 0.25) is 5.91 Å². The van der Waals surface area contributed by atoms with Crippen molar-refractivity contribution < 1.29 is 36.7 Å². The van der Waals surface area contributed by atoms with Crippen LogP contribution in [0.1, 0.15) is 31.2 Å². The Labute approximate surface area is 206 Å². The number of rotatable bonds is 7. The highest BCUT2D eigenvalue weighted by Crippen LogP contribution is 2.34. The first kappa shape index (κ1) is 27.3. The van der Waals surface area contributed by atoms with Gasteiger partial charge in [-0.25, -0.2) is 14.0 Å². The van der Waals surface area contributed by atoms with Crippen LogP contribution >= 0.6 is 0 Å². The first-order chi connectivity index (χ1) is 16.9. The van der Waals surface area contributed by atoms with Crippen LogP contribution in [-0.4, -0.2) is 85.3 Å². The van der Waals surface area contributed by atoms with Gasteiger partial charge < -0.3 is 30.1 Å². The number of carbonyl (C=O) groups excluding carboxylic acids is 3. The number of hydrogen-bond donors (Lipinski definition) is 2. The van der Waals surface area contributed by atoms with Crippen molar-refractivity contribution >= 4 is 18.0 Å². The van der Waals surface area contributed by atoms with Gasteiger partial charge in [-0.3, -0.25) is 4.79 Å². The summed E-state index contributed by atoms with van der Waals surface area (Å²) < 4.78 is 55.1. The van der Waals surface area contributed by atoms with Gasteiger partial charge >= 0.3 is 18.4 Å². The van der Waals surface area contributed by atoms with Crippen LogP contribution in [0, 0.1) is 11.7 Å². The summed E-state index contributed by atoms with van der Waals surface area (Å²) in [7, 11) is 4.82. The average molecular weight is 518 g/mol. The van der Waals surface area contributed by atoms with E-state index < -0.39 is 24.0 Å². The van der Waals surface area contributed by atoms with Gasteiger partial charge in [0.05, 0.1) is 6.04 Å². The van der Waals surface area contributed by atoms with Crippen LogP contribution in [0.25, 0.3) is 0 Å². The molecule has 3 rings (SSSR count). The molecule has 2 fully saturated rings. The van der Waals surface area contributed by atoms with E-state index in [1.807, 2.05) is 0 Å². The molecule has 13 heteroatoms. The summed E-state index contributed by atoms with van der Waals surface area (Å²) in [5.74, 6) is -1.86. The molecule has 0 aromatic heterocycles. The van der Waals surface area contributed by atoms with Crippen LogP contribution in [0.3, 0.4) is 0 Å². The van der Waals surface area contributed by atoms with Crippen molar-refractivity contribution in [2.75, 3.05) is 34.2 Å². The molecule has 1 aliphatic heterocycles. The third-order valence-corrected chi connectivity index (χ3v) is 6.23. The van der Waals surface area contributed by atoms with Crippen molar-refractivity contribution in [2.24, 2.45) is 5.92 Å². The molecule has 1 saturated carbocycles. The molecular weight excluding hydrogens is 486 g/mol. The zero-order chi connectivity index (χ0) is 26.6. The van der Waals surface area contributed by atoms with Gasteiger partial charge in [-0.1, -0.05) is 6.07 Å². The summed E-state index contributed by atoms with van der Waals surface area (Å²) >= 11 is 0. The first-order valence-corrected chi connectivity index (χ1v) is 11.6. The third-order valence-electron chi connectivity index (χ3n) is 6.23. The van der Waals surface area contributed by atoms with E-state index in [1.165, 1.54) is 11.9 Å². The van der Waals surface area contributed by atoms with Gasteiger partial charge in [-0.05, 0) is 31.2 Å². The number of hydrogen-bond acceptors (Lipinski definition) is 4. The van der Waals surface area contributed by atoms with Gasteiger partial charge in [-0.2, -0.15) is 0 Å². The smallest absolute Gasteiger partial charge is 0.406 e. The minimum absolute atomic E-state index is 0.00120. The van der Waals surface area contributed by atoms with E-state index in [2.05, 4.69) is 15.4 Å². The Kier molecular flexibility index (Phi) is 8.51. The monoisotopic (exact) mass is 517 g/mol. The number of carbonyl (C=O) groups is 3. The van der Waals surface area contributed by atoms with Crippen molar-refractivity contribution in [1.82, 2.24) is 25.3 Å². The lowest BCUT2D eigenvalue weighted by Crippen LogP contribution is -2.58. The average Bonchev–Trinajstić information content (AvgIpc) is 3.61. The molecule has 0 bridgehead atoms. The standard InChI is InChI=1S/C23H31F4N5O4/c1-28-21(34)31-12-14(9-20(33)30(2)3)8-17(13-31)32(16-5-6-16)22(35)29-11-15-4-7-18(10-19(15)24)36-23(25,26)27/h4,7,10,14,16-17H,5-6,8-9,11-13H2,1-3H3,(H,28,34)(H,29,35)/t14-,17-/m1/s1. The molecule has 1 aromatic rings. The second-order valence-corrected chi connectivity index (χ2v) is 9.31. The van der Waals surface area contributed by atoms with E-state index in [0.29, 0.717) is 19.0 Å². The molecule has 0 unspecified atom stereocenters. The van der Waals surface area contributed by atoms with E-state index in [9.17, 15) is 31.9 Å². The van der Waals surface area contributed by atoms with Gasteiger partial charge in [0.1, 0.15) is 11.6 Å². The number of benzene rings is 1. The normalized spacial score (nSPS) is 19.9. The fraction of sp³-hybridized carbons (Fsp3) is 0.609. The Morgan fingerprint density at radius 2 is 1.83 bits per heavy atom. The van der Waals surface area contributed by atoms with E-state index >= 15 is 0 Å². The minimum Gasteiger partial charge on any atom is -0.406 e. The van der Waals surface area contributed by atoms with Crippen molar-refractivity contribution in [2.45, 2.75) is 50.7 Å². The molecule has 1 saturated heterocycles. The lowest BCUT2D eigenvalue weighted by molar-refractivity contribution is -0.274.